The molecule has 2 aromatic heterocycles. The SMILES string of the molecule is Cc1ccc([C@H]2c3c(oc4ccccc4c3=O)C(=O)N2C)o1. The second kappa shape index (κ2) is 4.34. The van der Waals surface area contributed by atoms with E-state index in [9.17, 15) is 9.59 Å². The van der Waals surface area contributed by atoms with Gasteiger partial charge in [0, 0.05) is 7.05 Å². The molecule has 1 aliphatic rings. The van der Waals surface area contributed by atoms with E-state index in [0.29, 0.717) is 22.3 Å². The lowest BCUT2D eigenvalue weighted by molar-refractivity contribution is 0.0760. The van der Waals surface area contributed by atoms with Crippen molar-refractivity contribution in [2.45, 2.75) is 13.0 Å². The van der Waals surface area contributed by atoms with E-state index in [2.05, 4.69) is 0 Å². The van der Waals surface area contributed by atoms with Crippen LogP contribution in [0.15, 0.2) is 50.0 Å². The number of aryl methyl sites for hydroxylation is 1. The van der Waals surface area contributed by atoms with Crippen molar-refractivity contribution in [1.29, 1.82) is 0 Å². The van der Waals surface area contributed by atoms with E-state index in [0.717, 1.165) is 5.76 Å². The Morgan fingerprint density at radius 1 is 1.05 bits per heavy atom. The van der Waals surface area contributed by atoms with E-state index < -0.39 is 6.04 Å². The summed E-state index contributed by atoms with van der Waals surface area (Å²) in [6.07, 6.45) is 0. The van der Waals surface area contributed by atoms with Crippen LogP contribution in [0.2, 0.25) is 0 Å². The Kier molecular flexibility index (Phi) is 2.54. The summed E-state index contributed by atoms with van der Waals surface area (Å²) in [6.45, 7) is 1.82. The molecule has 0 unspecified atom stereocenters. The van der Waals surface area contributed by atoms with E-state index in [1.165, 1.54) is 4.90 Å². The lowest BCUT2D eigenvalue weighted by atomic mass is 10.0. The number of benzene rings is 1. The highest BCUT2D eigenvalue weighted by molar-refractivity contribution is 5.98. The van der Waals surface area contributed by atoms with Gasteiger partial charge in [0.1, 0.15) is 23.1 Å². The van der Waals surface area contributed by atoms with Gasteiger partial charge in [-0.25, -0.2) is 0 Å². The Morgan fingerprint density at radius 3 is 2.55 bits per heavy atom. The Balaban J connectivity index is 2.06. The molecule has 0 radical (unpaired) electrons. The van der Waals surface area contributed by atoms with E-state index in [1.54, 1.807) is 37.4 Å². The van der Waals surface area contributed by atoms with Crippen LogP contribution < -0.4 is 5.43 Å². The Morgan fingerprint density at radius 2 is 1.82 bits per heavy atom. The predicted molar refractivity (Wildman–Crippen MR) is 79.9 cm³/mol. The third-order valence-electron chi connectivity index (χ3n) is 4.04. The standard InChI is InChI=1S/C17H13NO4/c1-9-7-8-12(21-9)14-13-15(19)10-5-3-4-6-11(10)22-16(13)17(20)18(14)2/h3-8,14H,1-2H3/t14-/m0/s1. The summed E-state index contributed by atoms with van der Waals surface area (Å²) in [4.78, 5) is 26.7. The monoisotopic (exact) mass is 295 g/mol. The van der Waals surface area contributed by atoms with Gasteiger partial charge in [0.25, 0.3) is 5.91 Å². The van der Waals surface area contributed by atoms with Gasteiger partial charge in [0.05, 0.1) is 10.9 Å². The van der Waals surface area contributed by atoms with Crippen LogP contribution in [0.25, 0.3) is 11.0 Å². The van der Waals surface area contributed by atoms with Crippen molar-refractivity contribution in [1.82, 2.24) is 4.90 Å². The highest BCUT2D eigenvalue weighted by atomic mass is 16.4. The van der Waals surface area contributed by atoms with Crippen molar-refractivity contribution < 1.29 is 13.6 Å². The zero-order chi connectivity index (χ0) is 15.4. The minimum Gasteiger partial charge on any atom is -0.464 e. The number of carbonyl (C=O) groups is 1. The van der Waals surface area contributed by atoms with Crippen LogP contribution >= 0.6 is 0 Å². The molecule has 3 aromatic rings. The van der Waals surface area contributed by atoms with Gasteiger partial charge < -0.3 is 13.7 Å². The quantitative estimate of drug-likeness (QED) is 0.692. The van der Waals surface area contributed by atoms with E-state index in [4.69, 9.17) is 8.83 Å². The highest BCUT2D eigenvalue weighted by Gasteiger charge is 2.42. The second-order valence-corrected chi connectivity index (χ2v) is 5.44. The number of amides is 1. The highest BCUT2D eigenvalue weighted by Crippen LogP contribution is 2.37. The molecule has 1 aromatic carbocycles. The number of carbonyl (C=O) groups excluding carboxylic acids is 1. The topological polar surface area (TPSA) is 63.7 Å². The number of hydrogen-bond donors (Lipinski definition) is 0. The first-order valence-corrected chi connectivity index (χ1v) is 6.97. The average molecular weight is 295 g/mol. The number of rotatable bonds is 1. The van der Waals surface area contributed by atoms with Gasteiger partial charge in [-0.3, -0.25) is 9.59 Å². The van der Waals surface area contributed by atoms with Crippen LogP contribution in [0.5, 0.6) is 0 Å². The first-order chi connectivity index (χ1) is 10.6. The molecule has 1 aliphatic heterocycles. The number of para-hydroxylation sites is 1. The van der Waals surface area contributed by atoms with E-state index in [1.807, 2.05) is 13.0 Å². The average Bonchev–Trinajstić information content (AvgIpc) is 3.04. The molecule has 0 spiro atoms. The van der Waals surface area contributed by atoms with Crippen molar-refractivity contribution in [3.8, 4) is 0 Å². The molecule has 0 saturated heterocycles. The molecule has 0 saturated carbocycles. The Bertz CT molecular complexity index is 966. The maximum Gasteiger partial charge on any atom is 0.290 e. The van der Waals surface area contributed by atoms with Crippen molar-refractivity contribution in [2.24, 2.45) is 0 Å². The van der Waals surface area contributed by atoms with E-state index in [-0.39, 0.29) is 17.1 Å². The molecule has 3 heterocycles. The lowest BCUT2D eigenvalue weighted by Crippen LogP contribution is -2.24. The molecule has 1 atom stereocenters. The van der Waals surface area contributed by atoms with Gasteiger partial charge in [-0.2, -0.15) is 0 Å². The summed E-state index contributed by atoms with van der Waals surface area (Å²) in [5.74, 6) is 1.09. The first-order valence-electron chi connectivity index (χ1n) is 6.97. The van der Waals surface area contributed by atoms with Crippen molar-refractivity contribution in [3.05, 3.63) is 69.5 Å². The summed E-state index contributed by atoms with van der Waals surface area (Å²) in [7, 11) is 1.64. The van der Waals surface area contributed by atoms with Gasteiger partial charge in [-0.05, 0) is 31.2 Å². The first kappa shape index (κ1) is 12.9. The van der Waals surface area contributed by atoms with Crippen LogP contribution in [0, 0.1) is 6.92 Å². The molecular weight excluding hydrogens is 282 g/mol. The summed E-state index contributed by atoms with van der Waals surface area (Å²) >= 11 is 0. The normalized spacial score (nSPS) is 17.3. The Hall–Kier alpha value is -2.82. The molecule has 5 heteroatoms. The molecule has 5 nitrogen and oxygen atoms in total. The zero-order valence-electron chi connectivity index (χ0n) is 12.1. The van der Waals surface area contributed by atoms with Crippen LogP contribution in [0.3, 0.4) is 0 Å². The maximum atomic E-state index is 12.8. The third kappa shape index (κ3) is 1.59. The van der Waals surface area contributed by atoms with Crippen LogP contribution in [-0.4, -0.2) is 17.9 Å². The van der Waals surface area contributed by atoms with Crippen molar-refractivity contribution >= 4 is 16.9 Å². The fraction of sp³-hybridized carbons (Fsp3) is 0.176. The Labute approximate surface area is 125 Å². The number of fused-ring (bicyclic) bond motifs is 2. The summed E-state index contributed by atoms with van der Waals surface area (Å²) < 4.78 is 11.3. The van der Waals surface area contributed by atoms with Gasteiger partial charge in [-0.1, -0.05) is 12.1 Å². The molecule has 0 fully saturated rings. The van der Waals surface area contributed by atoms with E-state index >= 15 is 0 Å². The fourth-order valence-corrected chi connectivity index (χ4v) is 2.97. The second-order valence-electron chi connectivity index (χ2n) is 5.44. The van der Waals surface area contributed by atoms with Crippen molar-refractivity contribution in [2.75, 3.05) is 7.05 Å². The van der Waals surface area contributed by atoms with Crippen LogP contribution in [0.1, 0.15) is 33.7 Å². The zero-order valence-corrected chi connectivity index (χ0v) is 12.1. The molecule has 0 bridgehead atoms. The lowest BCUT2D eigenvalue weighted by Gasteiger charge is -2.17. The van der Waals surface area contributed by atoms with Crippen LogP contribution in [-0.2, 0) is 0 Å². The number of hydrogen-bond acceptors (Lipinski definition) is 4. The van der Waals surface area contributed by atoms with Gasteiger partial charge >= 0.3 is 0 Å². The van der Waals surface area contributed by atoms with Crippen molar-refractivity contribution in [3.63, 3.8) is 0 Å². The minimum atomic E-state index is -0.544. The van der Waals surface area contributed by atoms with Gasteiger partial charge in [0.15, 0.2) is 5.43 Å². The third-order valence-corrected chi connectivity index (χ3v) is 4.04. The summed E-state index contributed by atoms with van der Waals surface area (Å²) in [6, 6.07) is 9.99. The summed E-state index contributed by atoms with van der Waals surface area (Å²) in [5.41, 5.74) is 0.582. The molecule has 4 rings (SSSR count). The number of furan rings is 1. The summed E-state index contributed by atoms with van der Waals surface area (Å²) in [5, 5.41) is 0.470. The molecule has 0 N–H and O–H groups in total. The predicted octanol–water partition coefficient (Wildman–Crippen LogP) is 2.87. The van der Waals surface area contributed by atoms with Gasteiger partial charge in [-0.15, -0.1) is 0 Å². The molecule has 0 aliphatic carbocycles. The molecule has 1 amide bonds. The fourth-order valence-electron chi connectivity index (χ4n) is 2.97. The number of nitrogens with zero attached hydrogens (tertiary/aromatic N) is 1. The maximum absolute atomic E-state index is 12.8. The smallest absolute Gasteiger partial charge is 0.290 e. The van der Waals surface area contributed by atoms with Gasteiger partial charge in [0.2, 0.25) is 5.76 Å². The molecule has 110 valence electrons. The molecular formula is C17H13NO4. The largest absolute Gasteiger partial charge is 0.464 e. The van der Waals surface area contributed by atoms with Crippen LogP contribution in [0.4, 0.5) is 0 Å². The minimum absolute atomic E-state index is 0.102. The molecule has 22 heavy (non-hydrogen) atoms.